The van der Waals surface area contributed by atoms with Crippen molar-refractivity contribution in [1.82, 2.24) is 4.90 Å². The van der Waals surface area contributed by atoms with Gasteiger partial charge in [-0.1, -0.05) is 30.0 Å². The molecule has 2 aromatic rings. The van der Waals surface area contributed by atoms with Gasteiger partial charge in [0.25, 0.3) is 0 Å². The van der Waals surface area contributed by atoms with Crippen LogP contribution in [0.25, 0.3) is 0 Å². The smallest absolute Gasteiger partial charge is 0.238 e. The topological polar surface area (TPSA) is 61.8 Å². The Morgan fingerprint density at radius 3 is 2.58 bits per heavy atom. The Labute approximate surface area is 170 Å². The molecule has 26 heavy (non-hydrogen) atoms. The van der Waals surface area contributed by atoms with Gasteiger partial charge in [-0.05, 0) is 65.9 Å². The molecule has 1 fully saturated rings. The minimum atomic E-state index is -0.492. The number of aliphatic imine (C=N–C) groups is 1. The molecule has 0 saturated carbocycles. The van der Waals surface area contributed by atoms with Crippen LogP contribution in [-0.2, 0) is 9.59 Å². The van der Waals surface area contributed by atoms with E-state index in [4.69, 9.17) is 0 Å². The summed E-state index contributed by atoms with van der Waals surface area (Å²) in [6.07, 6.45) is 0.170. The summed E-state index contributed by atoms with van der Waals surface area (Å²) in [4.78, 5) is 31.3. The monoisotopic (exact) mass is 479 g/mol. The number of para-hydroxylation sites is 1. The van der Waals surface area contributed by atoms with Gasteiger partial charge >= 0.3 is 0 Å². The van der Waals surface area contributed by atoms with Crippen molar-refractivity contribution >= 4 is 62.7 Å². The molecule has 5 nitrogen and oxygen atoms in total. The number of anilines is 1. The molecule has 1 aliphatic rings. The van der Waals surface area contributed by atoms with E-state index in [0.717, 1.165) is 14.9 Å². The first-order valence-corrected chi connectivity index (χ1v) is 10.2. The number of hydrogen-bond donors (Lipinski definition) is 1. The Morgan fingerprint density at radius 2 is 1.92 bits per heavy atom. The highest BCUT2D eigenvalue weighted by molar-refractivity contribution is 14.1. The van der Waals surface area contributed by atoms with Crippen LogP contribution in [0.3, 0.4) is 0 Å². The van der Waals surface area contributed by atoms with E-state index >= 15 is 0 Å². The summed E-state index contributed by atoms with van der Waals surface area (Å²) in [5, 5.41) is 2.95. The van der Waals surface area contributed by atoms with Crippen molar-refractivity contribution in [2.75, 3.05) is 11.9 Å². The second-order valence-electron chi connectivity index (χ2n) is 5.67. The SMILES string of the molecule is CCN1C(=O)C[C@@H](C(=O)Nc2ccccc2)SC1=Nc1ccc(I)cc1. The van der Waals surface area contributed by atoms with Crippen molar-refractivity contribution < 1.29 is 9.59 Å². The van der Waals surface area contributed by atoms with E-state index in [1.165, 1.54) is 11.8 Å². The van der Waals surface area contributed by atoms with Crippen LogP contribution < -0.4 is 5.32 Å². The van der Waals surface area contributed by atoms with Crippen molar-refractivity contribution in [3.8, 4) is 0 Å². The van der Waals surface area contributed by atoms with E-state index in [9.17, 15) is 9.59 Å². The van der Waals surface area contributed by atoms with Crippen LogP contribution in [0.15, 0.2) is 59.6 Å². The van der Waals surface area contributed by atoms with Crippen molar-refractivity contribution in [2.24, 2.45) is 4.99 Å². The predicted molar refractivity (Wildman–Crippen MR) is 115 cm³/mol. The largest absolute Gasteiger partial charge is 0.325 e. The summed E-state index contributed by atoms with van der Waals surface area (Å²) >= 11 is 3.57. The molecule has 1 aliphatic heterocycles. The third kappa shape index (κ3) is 4.64. The standard InChI is InChI=1S/C19H18IN3O2S/c1-2-23-17(24)12-16(18(25)21-14-6-4-3-5-7-14)26-19(23)22-15-10-8-13(20)9-11-15/h3-11,16H,2,12H2,1H3,(H,21,25)/t16-/m0/s1. The molecule has 1 saturated heterocycles. The van der Waals surface area contributed by atoms with E-state index in [2.05, 4.69) is 32.9 Å². The third-order valence-electron chi connectivity index (χ3n) is 3.84. The van der Waals surface area contributed by atoms with Crippen LogP contribution in [0, 0.1) is 3.57 Å². The summed E-state index contributed by atoms with van der Waals surface area (Å²) in [6, 6.07) is 17.0. The number of amidine groups is 1. The van der Waals surface area contributed by atoms with Crippen molar-refractivity contribution in [3.05, 3.63) is 58.2 Å². The van der Waals surface area contributed by atoms with E-state index < -0.39 is 5.25 Å². The normalized spacial score (nSPS) is 18.8. The van der Waals surface area contributed by atoms with E-state index in [1.807, 2.05) is 61.5 Å². The van der Waals surface area contributed by atoms with Gasteiger partial charge in [0.05, 0.1) is 5.69 Å². The molecule has 1 atom stereocenters. The van der Waals surface area contributed by atoms with Crippen LogP contribution in [0.5, 0.6) is 0 Å². The maximum atomic E-state index is 12.6. The minimum absolute atomic E-state index is 0.0799. The van der Waals surface area contributed by atoms with E-state index in [0.29, 0.717) is 11.7 Å². The van der Waals surface area contributed by atoms with Gasteiger partial charge in [0.1, 0.15) is 5.25 Å². The zero-order chi connectivity index (χ0) is 18.5. The molecule has 1 N–H and O–H groups in total. The van der Waals surface area contributed by atoms with Crippen LogP contribution in [0.2, 0.25) is 0 Å². The number of benzene rings is 2. The third-order valence-corrected chi connectivity index (χ3v) is 5.75. The number of rotatable bonds is 4. The predicted octanol–water partition coefficient (Wildman–Crippen LogP) is 4.27. The Kier molecular flexibility index (Phi) is 6.31. The van der Waals surface area contributed by atoms with Crippen molar-refractivity contribution in [3.63, 3.8) is 0 Å². The average molecular weight is 479 g/mol. The van der Waals surface area contributed by atoms with Crippen LogP contribution in [0.1, 0.15) is 13.3 Å². The average Bonchev–Trinajstić information content (AvgIpc) is 2.64. The molecule has 0 bridgehead atoms. The number of hydrogen-bond acceptors (Lipinski definition) is 4. The number of carbonyl (C=O) groups is 2. The molecular weight excluding hydrogens is 461 g/mol. The number of nitrogens with zero attached hydrogens (tertiary/aromatic N) is 2. The van der Waals surface area contributed by atoms with Crippen LogP contribution in [0.4, 0.5) is 11.4 Å². The lowest BCUT2D eigenvalue weighted by molar-refractivity contribution is -0.129. The Bertz CT molecular complexity index is 824. The molecule has 2 amide bonds. The number of thioether (sulfide) groups is 1. The molecular formula is C19H18IN3O2S. The second kappa shape index (κ2) is 8.68. The molecule has 0 aromatic heterocycles. The lowest BCUT2D eigenvalue weighted by atomic mass is 10.2. The van der Waals surface area contributed by atoms with E-state index in [-0.39, 0.29) is 18.2 Å². The van der Waals surface area contributed by atoms with Gasteiger partial charge in [0.15, 0.2) is 5.17 Å². The molecule has 1 heterocycles. The van der Waals surface area contributed by atoms with Gasteiger partial charge in [-0.2, -0.15) is 0 Å². The molecule has 0 aliphatic carbocycles. The highest BCUT2D eigenvalue weighted by atomic mass is 127. The van der Waals surface area contributed by atoms with Gasteiger partial charge < -0.3 is 5.32 Å². The lowest BCUT2D eigenvalue weighted by Gasteiger charge is -2.30. The Morgan fingerprint density at radius 1 is 1.23 bits per heavy atom. The summed E-state index contributed by atoms with van der Waals surface area (Å²) in [5.41, 5.74) is 1.49. The number of halogens is 1. The second-order valence-corrected chi connectivity index (χ2v) is 8.09. The van der Waals surface area contributed by atoms with Crippen LogP contribution >= 0.6 is 34.4 Å². The summed E-state index contributed by atoms with van der Waals surface area (Å²) in [6.45, 7) is 2.44. The molecule has 0 spiro atoms. The van der Waals surface area contributed by atoms with E-state index in [1.54, 1.807) is 4.90 Å². The maximum Gasteiger partial charge on any atom is 0.238 e. The van der Waals surface area contributed by atoms with Gasteiger partial charge in [0, 0.05) is 22.2 Å². The van der Waals surface area contributed by atoms with Gasteiger partial charge in [0.2, 0.25) is 11.8 Å². The zero-order valence-corrected chi connectivity index (χ0v) is 17.2. The number of amides is 2. The maximum absolute atomic E-state index is 12.6. The fourth-order valence-corrected chi connectivity index (χ4v) is 4.05. The molecule has 2 aromatic carbocycles. The summed E-state index contributed by atoms with van der Waals surface area (Å²) in [5.74, 6) is -0.260. The van der Waals surface area contributed by atoms with Gasteiger partial charge in [-0.25, -0.2) is 4.99 Å². The van der Waals surface area contributed by atoms with Crippen molar-refractivity contribution in [2.45, 2.75) is 18.6 Å². The first kappa shape index (κ1) is 18.9. The minimum Gasteiger partial charge on any atom is -0.325 e. The first-order chi connectivity index (χ1) is 12.6. The molecule has 3 rings (SSSR count). The molecule has 0 unspecified atom stereocenters. The Hall–Kier alpha value is -1.87. The molecule has 7 heteroatoms. The lowest BCUT2D eigenvalue weighted by Crippen LogP contribution is -2.45. The summed E-state index contributed by atoms with van der Waals surface area (Å²) < 4.78 is 1.12. The first-order valence-electron chi connectivity index (χ1n) is 8.24. The van der Waals surface area contributed by atoms with Crippen molar-refractivity contribution in [1.29, 1.82) is 0 Å². The van der Waals surface area contributed by atoms with Gasteiger partial charge in [-0.15, -0.1) is 0 Å². The molecule has 134 valence electrons. The zero-order valence-electron chi connectivity index (χ0n) is 14.2. The Balaban J connectivity index is 1.80. The van der Waals surface area contributed by atoms with Crippen LogP contribution in [-0.4, -0.2) is 33.7 Å². The fraction of sp³-hybridized carbons (Fsp3) is 0.211. The molecule has 0 radical (unpaired) electrons. The highest BCUT2D eigenvalue weighted by Gasteiger charge is 2.35. The summed E-state index contributed by atoms with van der Waals surface area (Å²) in [7, 11) is 0. The fourth-order valence-electron chi connectivity index (χ4n) is 2.52. The number of nitrogens with one attached hydrogen (secondary N) is 1. The van der Waals surface area contributed by atoms with Gasteiger partial charge in [-0.3, -0.25) is 14.5 Å². The number of carbonyl (C=O) groups excluding carboxylic acids is 2. The quantitative estimate of drug-likeness (QED) is 0.667. The highest BCUT2D eigenvalue weighted by Crippen LogP contribution is 2.29.